The van der Waals surface area contributed by atoms with Crippen LogP contribution in [0.3, 0.4) is 0 Å². The van der Waals surface area contributed by atoms with Gasteiger partial charge in [-0.05, 0) is 36.5 Å². The lowest BCUT2D eigenvalue weighted by Crippen LogP contribution is -2.14. The molecule has 4 rings (SSSR count). The fourth-order valence-corrected chi connectivity index (χ4v) is 3.16. The van der Waals surface area contributed by atoms with Crippen LogP contribution in [0.25, 0.3) is 17.1 Å². The first-order valence-corrected chi connectivity index (χ1v) is 9.25. The number of anilines is 1. The zero-order valence-electron chi connectivity index (χ0n) is 15.4. The lowest BCUT2D eigenvalue weighted by molar-refractivity contribution is 0.870. The number of allylic oxidation sites excluding steroid dienone is 3. The quantitative estimate of drug-likeness (QED) is 0.650. The predicted octanol–water partition coefficient (Wildman–Crippen LogP) is 5.08. The molecule has 2 aromatic carbocycles. The van der Waals surface area contributed by atoms with Crippen LogP contribution in [0.2, 0.25) is 0 Å². The fraction of sp³-hybridized carbons (Fsp3) is 0.174. The van der Waals surface area contributed by atoms with Gasteiger partial charge in [0.2, 0.25) is 5.95 Å². The SMILES string of the molecule is C=C=C1C=C(CCc2ccc(CC)cc2)Nc2nc(-c3ccccc3)nn21. The van der Waals surface area contributed by atoms with Crippen molar-refractivity contribution in [3.63, 3.8) is 0 Å². The Balaban J connectivity index is 1.53. The van der Waals surface area contributed by atoms with E-state index in [1.807, 2.05) is 36.4 Å². The predicted molar refractivity (Wildman–Crippen MR) is 110 cm³/mol. The minimum atomic E-state index is 0.690. The molecular weight excluding hydrogens is 332 g/mol. The van der Waals surface area contributed by atoms with Crippen molar-refractivity contribution in [2.75, 3.05) is 5.32 Å². The Labute approximate surface area is 159 Å². The van der Waals surface area contributed by atoms with E-state index >= 15 is 0 Å². The summed E-state index contributed by atoms with van der Waals surface area (Å²) in [5.41, 5.74) is 8.58. The summed E-state index contributed by atoms with van der Waals surface area (Å²) in [5, 5.41) is 8.01. The third-order valence-corrected chi connectivity index (χ3v) is 4.75. The lowest BCUT2D eigenvalue weighted by atomic mass is 10.0. The highest BCUT2D eigenvalue weighted by molar-refractivity contribution is 5.68. The third-order valence-electron chi connectivity index (χ3n) is 4.75. The average molecular weight is 354 g/mol. The second kappa shape index (κ2) is 7.48. The van der Waals surface area contributed by atoms with E-state index in [0.29, 0.717) is 11.8 Å². The van der Waals surface area contributed by atoms with Gasteiger partial charge in [-0.25, -0.2) is 0 Å². The molecule has 0 amide bonds. The van der Waals surface area contributed by atoms with Gasteiger partial charge in [-0.1, -0.05) is 68.1 Å². The summed E-state index contributed by atoms with van der Waals surface area (Å²) >= 11 is 0. The molecule has 1 aliphatic rings. The van der Waals surface area contributed by atoms with Crippen LogP contribution in [0.1, 0.15) is 24.5 Å². The van der Waals surface area contributed by atoms with Gasteiger partial charge in [0.1, 0.15) is 5.70 Å². The van der Waals surface area contributed by atoms with E-state index in [-0.39, 0.29) is 0 Å². The molecular formula is C23H22N4. The van der Waals surface area contributed by atoms with E-state index in [4.69, 9.17) is 0 Å². The Morgan fingerprint density at radius 2 is 1.74 bits per heavy atom. The van der Waals surface area contributed by atoms with Gasteiger partial charge in [-0.2, -0.15) is 9.67 Å². The van der Waals surface area contributed by atoms with Crippen LogP contribution in [-0.2, 0) is 12.8 Å². The number of hydrogen-bond donors (Lipinski definition) is 1. The van der Waals surface area contributed by atoms with Crippen LogP contribution in [0.5, 0.6) is 0 Å². The summed E-state index contributed by atoms with van der Waals surface area (Å²) in [4.78, 5) is 4.66. The second-order valence-corrected chi connectivity index (χ2v) is 6.56. The summed E-state index contributed by atoms with van der Waals surface area (Å²) in [7, 11) is 0. The number of nitrogens with one attached hydrogen (secondary N) is 1. The van der Waals surface area contributed by atoms with Crippen LogP contribution >= 0.6 is 0 Å². The Kier molecular flexibility index (Phi) is 4.73. The average Bonchev–Trinajstić information content (AvgIpc) is 3.17. The fourth-order valence-electron chi connectivity index (χ4n) is 3.16. The van der Waals surface area contributed by atoms with Crippen molar-refractivity contribution in [2.45, 2.75) is 26.2 Å². The molecule has 134 valence electrons. The maximum Gasteiger partial charge on any atom is 0.231 e. The molecule has 0 spiro atoms. The van der Waals surface area contributed by atoms with Crippen molar-refractivity contribution in [2.24, 2.45) is 0 Å². The molecule has 0 unspecified atom stereocenters. The number of rotatable bonds is 5. The number of fused-ring (bicyclic) bond motifs is 1. The van der Waals surface area contributed by atoms with Crippen LogP contribution in [0.15, 0.2) is 78.7 Å². The largest absolute Gasteiger partial charge is 0.328 e. The molecule has 2 heterocycles. The molecule has 0 aliphatic carbocycles. The summed E-state index contributed by atoms with van der Waals surface area (Å²) in [6.45, 7) is 5.99. The van der Waals surface area contributed by atoms with Crippen LogP contribution in [-0.4, -0.2) is 14.8 Å². The Bertz CT molecular complexity index is 1020. The number of aryl methyl sites for hydroxylation is 2. The number of hydrogen-bond acceptors (Lipinski definition) is 3. The minimum absolute atomic E-state index is 0.690. The molecule has 3 aromatic rings. The highest BCUT2D eigenvalue weighted by Gasteiger charge is 2.19. The standard InChI is InChI=1S/C23H22N4/c1-3-17-10-12-18(13-11-17)14-15-20-16-21(4-2)27-23(24-20)25-22(26-27)19-8-6-5-7-9-19/h5-13,16H,2-3,14-15H2,1H3,(H,24,25,26). The van der Waals surface area contributed by atoms with Gasteiger partial charge in [0, 0.05) is 11.3 Å². The van der Waals surface area contributed by atoms with Gasteiger partial charge >= 0.3 is 0 Å². The van der Waals surface area contributed by atoms with Crippen molar-refractivity contribution in [3.8, 4) is 11.4 Å². The van der Waals surface area contributed by atoms with Crippen LogP contribution in [0, 0.1) is 0 Å². The van der Waals surface area contributed by atoms with E-state index in [1.54, 1.807) is 4.68 Å². The van der Waals surface area contributed by atoms with E-state index in [1.165, 1.54) is 11.1 Å². The molecule has 0 radical (unpaired) electrons. The van der Waals surface area contributed by atoms with E-state index < -0.39 is 0 Å². The maximum absolute atomic E-state index is 4.66. The van der Waals surface area contributed by atoms with Gasteiger partial charge in [-0.3, -0.25) is 0 Å². The molecule has 1 aliphatic heterocycles. The first kappa shape index (κ1) is 17.1. The van der Waals surface area contributed by atoms with Crippen molar-refractivity contribution in [1.82, 2.24) is 14.8 Å². The highest BCUT2D eigenvalue weighted by atomic mass is 15.4. The number of aromatic nitrogens is 3. The Morgan fingerprint density at radius 3 is 2.44 bits per heavy atom. The van der Waals surface area contributed by atoms with E-state index in [0.717, 1.165) is 36.2 Å². The first-order valence-electron chi connectivity index (χ1n) is 9.25. The number of benzene rings is 2. The molecule has 0 atom stereocenters. The Hall–Kier alpha value is -3.36. The lowest BCUT2D eigenvalue weighted by Gasteiger charge is -2.17. The van der Waals surface area contributed by atoms with E-state index in [2.05, 4.69) is 58.9 Å². The minimum Gasteiger partial charge on any atom is -0.328 e. The molecule has 0 saturated heterocycles. The highest BCUT2D eigenvalue weighted by Crippen LogP contribution is 2.27. The number of nitrogens with zero attached hydrogens (tertiary/aromatic N) is 3. The maximum atomic E-state index is 4.66. The summed E-state index contributed by atoms with van der Waals surface area (Å²) in [6.07, 6.45) is 4.97. The Morgan fingerprint density at radius 1 is 1.00 bits per heavy atom. The van der Waals surface area contributed by atoms with Crippen LogP contribution < -0.4 is 5.32 Å². The zero-order valence-corrected chi connectivity index (χ0v) is 15.4. The molecule has 1 N–H and O–H groups in total. The van der Waals surface area contributed by atoms with Gasteiger partial charge in [-0.15, -0.1) is 10.8 Å². The molecule has 0 fully saturated rings. The summed E-state index contributed by atoms with van der Waals surface area (Å²) < 4.78 is 1.76. The summed E-state index contributed by atoms with van der Waals surface area (Å²) in [6, 6.07) is 18.8. The summed E-state index contributed by atoms with van der Waals surface area (Å²) in [5.74, 6) is 1.40. The van der Waals surface area contributed by atoms with Gasteiger partial charge in [0.25, 0.3) is 0 Å². The third kappa shape index (κ3) is 3.62. The van der Waals surface area contributed by atoms with Crippen molar-refractivity contribution < 1.29 is 0 Å². The molecule has 4 heteroatoms. The van der Waals surface area contributed by atoms with Crippen LogP contribution in [0.4, 0.5) is 5.95 Å². The smallest absolute Gasteiger partial charge is 0.231 e. The molecule has 1 aromatic heterocycles. The zero-order chi connectivity index (χ0) is 18.6. The van der Waals surface area contributed by atoms with Gasteiger partial charge in [0.05, 0.1) is 0 Å². The van der Waals surface area contributed by atoms with Gasteiger partial charge in [0.15, 0.2) is 5.82 Å². The first-order chi connectivity index (χ1) is 13.3. The van der Waals surface area contributed by atoms with Crippen molar-refractivity contribution in [3.05, 3.63) is 89.8 Å². The molecule has 0 bridgehead atoms. The molecule has 4 nitrogen and oxygen atoms in total. The van der Waals surface area contributed by atoms with Crippen molar-refractivity contribution in [1.29, 1.82) is 0 Å². The molecule has 27 heavy (non-hydrogen) atoms. The van der Waals surface area contributed by atoms with Gasteiger partial charge < -0.3 is 5.32 Å². The second-order valence-electron chi connectivity index (χ2n) is 6.56. The normalized spacial score (nSPS) is 12.8. The topological polar surface area (TPSA) is 42.7 Å². The monoisotopic (exact) mass is 354 g/mol. The molecule has 0 saturated carbocycles. The van der Waals surface area contributed by atoms with E-state index in [9.17, 15) is 0 Å². The van der Waals surface area contributed by atoms with Crippen molar-refractivity contribution >= 4 is 11.6 Å².